The number of aryl methyl sites for hydroxylation is 1. The Morgan fingerprint density at radius 1 is 1.31 bits per heavy atom. The highest BCUT2D eigenvalue weighted by Gasteiger charge is 2.19. The molecule has 0 saturated heterocycles. The van der Waals surface area contributed by atoms with Gasteiger partial charge in [0.25, 0.3) is 0 Å². The van der Waals surface area contributed by atoms with Crippen molar-refractivity contribution in [2.24, 2.45) is 0 Å². The van der Waals surface area contributed by atoms with Crippen LogP contribution in [0.15, 0.2) is 42.9 Å². The average Bonchev–Trinajstić information content (AvgIpc) is 3.09. The maximum absolute atomic E-state index is 13.7. The van der Waals surface area contributed by atoms with E-state index < -0.39 is 11.9 Å². The summed E-state index contributed by atoms with van der Waals surface area (Å²) in [4.78, 5) is 4.51. The number of aromatic nitrogens is 3. The van der Waals surface area contributed by atoms with E-state index in [-0.39, 0.29) is 0 Å². The van der Waals surface area contributed by atoms with Crippen molar-refractivity contribution < 1.29 is 14.2 Å². The first-order valence-electron chi connectivity index (χ1n) is 8.54. The molecule has 136 valence electrons. The van der Waals surface area contributed by atoms with Gasteiger partial charge < -0.3 is 9.84 Å². The zero-order valence-electron chi connectivity index (χ0n) is 15.1. The van der Waals surface area contributed by atoms with E-state index in [2.05, 4.69) is 10.1 Å². The Morgan fingerprint density at radius 3 is 2.77 bits per heavy atom. The number of aliphatic hydroxyl groups excluding tert-OH is 1. The molecule has 0 radical (unpaired) electrons. The molecule has 0 amide bonds. The lowest BCUT2D eigenvalue weighted by molar-refractivity contribution is 0.199. The van der Waals surface area contributed by atoms with Crippen LogP contribution in [0.4, 0.5) is 4.39 Å². The van der Waals surface area contributed by atoms with Gasteiger partial charge in [-0.15, -0.1) is 0 Å². The van der Waals surface area contributed by atoms with E-state index in [9.17, 15) is 9.50 Å². The minimum atomic E-state index is -0.815. The van der Waals surface area contributed by atoms with Gasteiger partial charge in [-0.05, 0) is 49.2 Å². The molecule has 6 heteroatoms. The second-order valence-electron chi connectivity index (χ2n) is 6.13. The van der Waals surface area contributed by atoms with Crippen molar-refractivity contribution in [2.45, 2.75) is 32.9 Å². The third kappa shape index (κ3) is 3.60. The van der Waals surface area contributed by atoms with Crippen LogP contribution in [-0.4, -0.2) is 27.0 Å². The molecular formula is C20H22FN3O2. The number of pyridine rings is 1. The number of methoxy groups -OCH3 is 1. The standard InChI is InChI=1S/C20H22FN3O2/c1-4-24-12-14(11-23-24)9-18-19(26-3)7-8-22-20(18)16-6-5-15(21)10-17(16)13(2)25/h5-8,10-13,25H,4,9H2,1-3H3/t13-/m1/s1. The third-order valence-electron chi connectivity index (χ3n) is 4.34. The highest BCUT2D eigenvalue weighted by molar-refractivity contribution is 5.70. The van der Waals surface area contributed by atoms with Crippen molar-refractivity contribution in [3.05, 3.63) is 65.4 Å². The molecule has 0 fully saturated rings. The summed E-state index contributed by atoms with van der Waals surface area (Å²) in [5.74, 6) is 0.304. The van der Waals surface area contributed by atoms with Crippen LogP contribution < -0.4 is 4.74 Å². The van der Waals surface area contributed by atoms with Crippen molar-refractivity contribution in [2.75, 3.05) is 7.11 Å². The lowest BCUT2D eigenvalue weighted by atomic mass is 9.94. The Balaban J connectivity index is 2.13. The second-order valence-corrected chi connectivity index (χ2v) is 6.13. The maximum Gasteiger partial charge on any atom is 0.126 e. The van der Waals surface area contributed by atoms with E-state index in [0.717, 1.165) is 17.7 Å². The zero-order valence-corrected chi connectivity index (χ0v) is 15.1. The van der Waals surface area contributed by atoms with Crippen LogP contribution in [0.25, 0.3) is 11.3 Å². The lowest BCUT2D eigenvalue weighted by Gasteiger charge is -2.17. The molecule has 0 aliphatic carbocycles. The molecule has 1 atom stereocenters. The number of aliphatic hydroxyl groups is 1. The molecule has 0 bridgehead atoms. The fourth-order valence-electron chi connectivity index (χ4n) is 3.04. The highest BCUT2D eigenvalue weighted by atomic mass is 19.1. The molecule has 2 aromatic heterocycles. The minimum absolute atomic E-state index is 0.390. The molecule has 3 rings (SSSR count). The molecule has 0 spiro atoms. The number of ether oxygens (including phenoxy) is 1. The SMILES string of the molecule is CCn1cc(Cc2c(OC)ccnc2-c2ccc(F)cc2[C@@H](C)O)cn1. The smallest absolute Gasteiger partial charge is 0.126 e. The van der Waals surface area contributed by atoms with E-state index in [1.165, 1.54) is 12.1 Å². The quantitative estimate of drug-likeness (QED) is 0.731. The largest absolute Gasteiger partial charge is 0.496 e. The summed E-state index contributed by atoms with van der Waals surface area (Å²) in [6, 6.07) is 6.17. The fraction of sp³-hybridized carbons (Fsp3) is 0.300. The van der Waals surface area contributed by atoms with Gasteiger partial charge in [0.15, 0.2) is 0 Å². The van der Waals surface area contributed by atoms with Crippen LogP contribution in [0, 0.1) is 5.82 Å². The lowest BCUT2D eigenvalue weighted by Crippen LogP contribution is -2.03. The first-order valence-corrected chi connectivity index (χ1v) is 8.54. The molecule has 3 aromatic rings. The van der Waals surface area contributed by atoms with Gasteiger partial charge in [-0.3, -0.25) is 9.67 Å². The van der Waals surface area contributed by atoms with Crippen LogP contribution in [0.3, 0.4) is 0 Å². The monoisotopic (exact) mass is 355 g/mol. The molecule has 0 aliphatic heterocycles. The predicted molar refractivity (Wildman–Crippen MR) is 97.5 cm³/mol. The second kappa shape index (κ2) is 7.66. The van der Waals surface area contributed by atoms with Crippen LogP contribution in [0.5, 0.6) is 5.75 Å². The number of hydrogen-bond acceptors (Lipinski definition) is 4. The molecule has 5 nitrogen and oxygen atoms in total. The summed E-state index contributed by atoms with van der Waals surface area (Å²) >= 11 is 0. The average molecular weight is 355 g/mol. The predicted octanol–water partition coefficient (Wildman–Crippen LogP) is 3.76. The molecule has 2 heterocycles. The van der Waals surface area contributed by atoms with Crippen molar-refractivity contribution >= 4 is 0 Å². The summed E-state index contributed by atoms with van der Waals surface area (Å²) in [6.45, 7) is 4.44. The maximum atomic E-state index is 13.7. The summed E-state index contributed by atoms with van der Waals surface area (Å²) in [5, 5.41) is 14.4. The van der Waals surface area contributed by atoms with Crippen molar-refractivity contribution in [1.82, 2.24) is 14.8 Å². The summed E-state index contributed by atoms with van der Waals surface area (Å²) in [6.07, 6.45) is 5.21. The van der Waals surface area contributed by atoms with Crippen LogP contribution in [0.1, 0.15) is 36.6 Å². The van der Waals surface area contributed by atoms with Gasteiger partial charge >= 0.3 is 0 Å². The first kappa shape index (κ1) is 18.1. The van der Waals surface area contributed by atoms with Gasteiger partial charge in [-0.1, -0.05) is 0 Å². The summed E-state index contributed by atoms with van der Waals surface area (Å²) in [7, 11) is 1.61. The van der Waals surface area contributed by atoms with Crippen molar-refractivity contribution in [3.8, 4) is 17.0 Å². The summed E-state index contributed by atoms with van der Waals surface area (Å²) < 4.78 is 21.1. The van der Waals surface area contributed by atoms with Gasteiger partial charge in [0, 0.05) is 36.5 Å². The molecule has 26 heavy (non-hydrogen) atoms. The minimum Gasteiger partial charge on any atom is -0.496 e. The van der Waals surface area contributed by atoms with E-state index in [1.54, 1.807) is 32.4 Å². The van der Waals surface area contributed by atoms with E-state index in [1.807, 2.05) is 24.0 Å². The van der Waals surface area contributed by atoms with Crippen molar-refractivity contribution in [3.63, 3.8) is 0 Å². The first-order chi connectivity index (χ1) is 12.5. The van der Waals surface area contributed by atoms with Gasteiger partial charge in [0.2, 0.25) is 0 Å². The normalized spacial score (nSPS) is 12.2. The number of benzene rings is 1. The van der Waals surface area contributed by atoms with Crippen LogP contribution >= 0.6 is 0 Å². The van der Waals surface area contributed by atoms with Gasteiger partial charge in [0.1, 0.15) is 11.6 Å². The van der Waals surface area contributed by atoms with Gasteiger partial charge in [-0.2, -0.15) is 5.10 Å². The molecule has 1 aromatic carbocycles. The fourth-order valence-corrected chi connectivity index (χ4v) is 3.04. The molecule has 0 aliphatic rings. The molecule has 0 unspecified atom stereocenters. The van der Waals surface area contributed by atoms with Crippen molar-refractivity contribution in [1.29, 1.82) is 0 Å². The summed E-state index contributed by atoms with van der Waals surface area (Å²) in [5.41, 5.74) is 3.76. The Morgan fingerprint density at radius 2 is 2.12 bits per heavy atom. The van der Waals surface area contributed by atoms with Gasteiger partial charge in [0.05, 0.1) is 25.1 Å². The third-order valence-corrected chi connectivity index (χ3v) is 4.34. The number of nitrogens with zero attached hydrogens (tertiary/aromatic N) is 3. The topological polar surface area (TPSA) is 60.2 Å². The highest BCUT2D eigenvalue weighted by Crippen LogP contribution is 2.35. The Hall–Kier alpha value is -2.73. The Labute approximate surface area is 152 Å². The van der Waals surface area contributed by atoms with Crippen LogP contribution in [0.2, 0.25) is 0 Å². The number of halogens is 1. The van der Waals surface area contributed by atoms with E-state index in [4.69, 9.17) is 4.74 Å². The van der Waals surface area contributed by atoms with Gasteiger partial charge in [-0.25, -0.2) is 4.39 Å². The van der Waals surface area contributed by atoms with E-state index in [0.29, 0.717) is 29.0 Å². The van der Waals surface area contributed by atoms with Crippen LogP contribution in [-0.2, 0) is 13.0 Å². The molecule has 0 saturated carbocycles. The molecular weight excluding hydrogens is 333 g/mol. The Bertz CT molecular complexity index is 906. The Kier molecular flexibility index (Phi) is 5.32. The zero-order chi connectivity index (χ0) is 18.7. The van der Waals surface area contributed by atoms with E-state index >= 15 is 0 Å². The molecule has 1 N–H and O–H groups in total. The number of hydrogen-bond donors (Lipinski definition) is 1. The number of rotatable bonds is 6.